The zero-order chi connectivity index (χ0) is 16.8. The standard InChI is InChI=1S/C20H25N3O/c1-16-5-4-6-18(15-16)22-20(24)11-12-21-17-7-9-19(10-8-17)23-13-2-3-14-23/h4-10,15,21H,2-3,11-14H2,1H3,(H,22,24). The largest absolute Gasteiger partial charge is 0.385 e. The Hall–Kier alpha value is -2.49. The minimum Gasteiger partial charge on any atom is -0.385 e. The van der Waals surface area contributed by atoms with Crippen LogP contribution in [0.5, 0.6) is 0 Å². The Morgan fingerprint density at radius 2 is 1.79 bits per heavy atom. The fraction of sp³-hybridized carbons (Fsp3) is 0.350. The van der Waals surface area contributed by atoms with Gasteiger partial charge in [-0.15, -0.1) is 0 Å². The van der Waals surface area contributed by atoms with Gasteiger partial charge >= 0.3 is 0 Å². The highest BCUT2D eigenvalue weighted by atomic mass is 16.1. The summed E-state index contributed by atoms with van der Waals surface area (Å²) in [7, 11) is 0. The second kappa shape index (κ2) is 7.86. The summed E-state index contributed by atoms with van der Waals surface area (Å²) in [5.74, 6) is 0.0294. The summed E-state index contributed by atoms with van der Waals surface area (Å²) >= 11 is 0. The first-order valence-electron chi connectivity index (χ1n) is 8.66. The van der Waals surface area contributed by atoms with Crippen LogP contribution in [0.25, 0.3) is 0 Å². The van der Waals surface area contributed by atoms with Crippen molar-refractivity contribution in [1.82, 2.24) is 0 Å². The third-order valence-electron chi connectivity index (χ3n) is 4.32. The lowest BCUT2D eigenvalue weighted by atomic mass is 10.2. The Labute approximate surface area is 143 Å². The van der Waals surface area contributed by atoms with Crippen molar-refractivity contribution in [2.45, 2.75) is 26.2 Å². The Morgan fingerprint density at radius 1 is 1.04 bits per heavy atom. The van der Waals surface area contributed by atoms with Gasteiger partial charge in [-0.1, -0.05) is 12.1 Å². The number of hydrogen-bond donors (Lipinski definition) is 2. The molecule has 0 saturated carbocycles. The zero-order valence-electron chi connectivity index (χ0n) is 14.2. The Kier molecular flexibility index (Phi) is 5.36. The summed E-state index contributed by atoms with van der Waals surface area (Å²) in [6, 6.07) is 16.3. The molecule has 2 aromatic rings. The molecule has 2 aromatic carbocycles. The highest BCUT2D eigenvalue weighted by Gasteiger charge is 2.11. The van der Waals surface area contributed by atoms with E-state index in [9.17, 15) is 4.79 Å². The average Bonchev–Trinajstić information content (AvgIpc) is 3.10. The molecule has 24 heavy (non-hydrogen) atoms. The van der Waals surface area contributed by atoms with Crippen molar-refractivity contribution < 1.29 is 4.79 Å². The van der Waals surface area contributed by atoms with Gasteiger partial charge in [0.05, 0.1) is 0 Å². The van der Waals surface area contributed by atoms with Gasteiger partial charge in [0.1, 0.15) is 0 Å². The Balaban J connectivity index is 1.43. The molecule has 0 radical (unpaired) electrons. The van der Waals surface area contributed by atoms with Crippen LogP contribution in [0.15, 0.2) is 48.5 Å². The summed E-state index contributed by atoms with van der Waals surface area (Å²) in [4.78, 5) is 14.4. The van der Waals surface area contributed by atoms with Gasteiger partial charge in [0.25, 0.3) is 0 Å². The minimum absolute atomic E-state index is 0.0294. The molecule has 0 spiro atoms. The third-order valence-corrected chi connectivity index (χ3v) is 4.32. The molecule has 0 aliphatic carbocycles. The number of carbonyl (C=O) groups excluding carboxylic acids is 1. The number of hydrogen-bond acceptors (Lipinski definition) is 3. The van der Waals surface area contributed by atoms with E-state index in [0.29, 0.717) is 13.0 Å². The first-order chi connectivity index (χ1) is 11.7. The fourth-order valence-electron chi connectivity index (χ4n) is 3.03. The molecule has 1 fully saturated rings. The summed E-state index contributed by atoms with van der Waals surface area (Å²) in [5, 5.41) is 6.24. The van der Waals surface area contributed by atoms with Crippen molar-refractivity contribution in [1.29, 1.82) is 0 Å². The maximum Gasteiger partial charge on any atom is 0.226 e. The molecule has 1 amide bonds. The normalized spacial score (nSPS) is 13.8. The lowest BCUT2D eigenvalue weighted by Crippen LogP contribution is -2.17. The minimum atomic E-state index is 0.0294. The van der Waals surface area contributed by atoms with E-state index < -0.39 is 0 Å². The number of nitrogens with zero attached hydrogens (tertiary/aromatic N) is 1. The maximum atomic E-state index is 12.0. The molecule has 1 aliphatic heterocycles. The molecular weight excluding hydrogens is 298 g/mol. The number of amides is 1. The highest BCUT2D eigenvalue weighted by molar-refractivity contribution is 5.91. The van der Waals surface area contributed by atoms with Crippen LogP contribution in [0.2, 0.25) is 0 Å². The van der Waals surface area contributed by atoms with Gasteiger partial charge in [0.15, 0.2) is 0 Å². The SMILES string of the molecule is Cc1cccc(NC(=O)CCNc2ccc(N3CCCC3)cc2)c1. The van der Waals surface area contributed by atoms with Gasteiger partial charge in [-0.25, -0.2) is 0 Å². The molecule has 1 heterocycles. The van der Waals surface area contributed by atoms with Crippen LogP contribution in [-0.2, 0) is 4.79 Å². The summed E-state index contributed by atoms with van der Waals surface area (Å²) < 4.78 is 0. The summed E-state index contributed by atoms with van der Waals surface area (Å²) in [5.41, 5.74) is 4.34. The van der Waals surface area contributed by atoms with Crippen LogP contribution in [0, 0.1) is 6.92 Å². The van der Waals surface area contributed by atoms with Crippen LogP contribution >= 0.6 is 0 Å². The highest BCUT2D eigenvalue weighted by Crippen LogP contribution is 2.22. The van der Waals surface area contributed by atoms with E-state index in [1.54, 1.807) is 0 Å². The number of rotatable bonds is 6. The maximum absolute atomic E-state index is 12.0. The lowest BCUT2D eigenvalue weighted by Gasteiger charge is -2.18. The molecule has 2 N–H and O–H groups in total. The molecule has 4 heteroatoms. The van der Waals surface area contributed by atoms with Crippen molar-refractivity contribution >= 4 is 23.0 Å². The van der Waals surface area contributed by atoms with Crippen molar-refractivity contribution in [3.8, 4) is 0 Å². The molecule has 0 atom stereocenters. The van der Waals surface area contributed by atoms with Gasteiger partial charge in [-0.2, -0.15) is 0 Å². The third kappa shape index (κ3) is 4.51. The average molecular weight is 323 g/mol. The molecule has 0 bridgehead atoms. The monoisotopic (exact) mass is 323 g/mol. The van der Waals surface area contributed by atoms with Crippen LogP contribution in [0.1, 0.15) is 24.8 Å². The lowest BCUT2D eigenvalue weighted by molar-refractivity contribution is -0.115. The van der Waals surface area contributed by atoms with Gasteiger partial charge < -0.3 is 15.5 Å². The summed E-state index contributed by atoms with van der Waals surface area (Å²) in [6.45, 7) is 4.96. The van der Waals surface area contributed by atoms with E-state index in [2.05, 4.69) is 39.8 Å². The number of carbonyl (C=O) groups is 1. The Morgan fingerprint density at radius 3 is 2.50 bits per heavy atom. The summed E-state index contributed by atoms with van der Waals surface area (Å²) in [6.07, 6.45) is 3.02. The molecule has 0 unspecified atom stereocenters. The number of anilines is 3. The van der Waals surface area contributed by atoms with Crippen LogP contribution in [-0.4, -0.2) is 25.5 Å². The molecule has 3 rings (SSSR count). The molecule has 1 aliphatic rings. The van der Waals surface area contributed by atoms with E-state index in [-0.39, 0.29) is 5.91 Å². The van der Waals surface area contributed by atoms with Crippen molar-refractivity contribution in [2.75, 3.05) is 35.2 Å². The second-order valence-corrected chi connectivity index (χ2v) is 6.34. The molecule has 126 valence electrons. The number of nitrogens with one attached hydrogen (secondary N) is 2. The van der Waals surface area contributed by atoms with Gasteiger partial charge in [-0.05, 0) is 61.7 Å². The molecular formula is C20H25N3O. The van der Waals surface area contributed by atoms with E-state index in [1.807, 2.05) is 31.2 Å². The van der Waals surface area contributed by atoms with Crippen LogP contribution in [0.4, 0.5) is 17.1 Å². The van der Waals surface area contributed by atoms with E-state index in [0.717, 1.165) is 30.0 Å². The van der Waals surface area contributed by atoms with E-state index in [4.69, 9.17) is 0 Å². The van der Waals surface area contributed by atoms with Gasteiger partial charge in [0.2, 0.25) is 5.91 Å². The molecule has 1 saturated heterocycles. The smallest absolute Gasteiger partial charge is 0.226 e. The van der Waals surface area contributed by atoms with Crippen molar-refractivity contribution in [3.63, 3.8) is 0 Å². The fourth-order valence-corrected chi connectivity index (χ4v) is 3.03. The molecule has 4 nitrogen and oxygen atoms in total. The number of aryl methyl sites for hydroxylation is 1. The molecule has 0 aromatic heterocycles. The topological polar surface area (TPSA) is 44.4 Å². The predicted molar refractivity (Wildman–Crippen MR) is 101 cm³/mol. The van der Waals surface area contributed by atoms with Crippen molar-refractivity contribution in [3.05, 3.63) is 54.1 Å². The quantitative estimate of drug-likeness (QED) is 0.843. The van der Waals surface area contributed by atoms with Crippen molar-refractivity contribution in [2.24, 2.45) is 0 Å². The first-order valence-corrected chi connectivity index (χ1v) is 8.66. The van der Waals surface area contributed by atoms with E-state index >= 15 is 0 Å². The van der Waals surface area contributed by atoms with Crippen LogP contribution in [0.3, 0.4) is 0 Å². The number of benzene rings is 2. The first kappa shape index (κ1) is 16.4. The Bertz CT molecular complexity index is 676. The van der Waals surface area contributed by atoms with Crippen LogP contribution < -0.4 is 15.5 Å². The van der Waals surface area contributed by atoms with E-state index in [1.165, 1.54) is 18.5 Å². The van der Waals surface area contributed by atoms with Gasteiger partial charge in [-0.3, -0.25) is 4.79 Å². The van der Waals surface area contributed by atoms with Gasteiger partial charge in [0, 0.05) is 43.1 Å². The zero-order valence-corrected chi connectivity index (χ0v) is 14.2. The second-order valence-electron chi connectivity index (χ2n) is 6.34. The predicted octanol–water partition coefficient (Wildman–Crippen LogP) is 4.04.